The van der Waals surface area contributed by atoms with Crippen LogP contribution < -0.4 is 5.32 Å². The normalized spacial score (nSPS) is 12.3. The van der Waals surface area contributed by atoms with E-state index < -0.39 is 0 Å². The zero-order valence-electron chi connectivity index (χ0n) is 12.1. The summed E-state index contributed by atoms with van der Waals surface area (Å²) in [5.41, 5.74) is 2.42. The highest BCUT2D eigenvalue weighted by Crippen LogP contribution is 2.24. The first-order valence-electron chi connectivity index (χ1n) is 6.90. The quantitative estimate of drug-likeness (QED) is 0.851. The van der Waals surface area contributed by atoms with Crippen LogP contribution in [0.5, 0.6) is 0 Å². The lowest BCUT2D eigenvalue weighted by molar-refractivity contribution is -0.122. The molecule has 1 heterocycles. The second-order valence-corrected chi connectivity index (χ2v) is 5.10. The highest BCUT2D eigenvalue weighted by Gasteiger charge is 2.15. The number of hydrogen-bond acceptors (Lipinski definition) is 2. The molecule has 0 saturated carbocycles. The fourth-order valence-corrected chi connectivity index (χ4v) is 2.38. The Morgan fingerprint density at radius 1 is 1.40 bits per heavy atom. The highest BCUT2D eigenvalue weighted by molar-refractivity contribution is 5.99. The van der Waals surface area contributed by atoms with Gasteiger partial charge >= 0.3 is 0 Å². The summed E-state index contributed by atoms with van der Waals surface area (Å²) in [4.78, 5) is 23.3. The number of para-hydroxylation sites is 1. The third-order valence-electron chi connectivity index (χ3n) is 3.72. The Morgan fingerprint density at radius 2 is 2.10 bits per heavy atom. The third-order valence-corrected chi connectivity index (χ3v) is 3.72. The molecule has 1 amide bonds. The number of benzene rings is 1. The average molecular weight is 272 g/mol. The molecule has 0 aliphatic heterocycles. The van der Waals surface area contributed by atoms with Gasteiger partial charge in [0.1, 0.15) is 6.54 Å². The molecule has 0 bridgehead atoms. The Labute approximate surface area is 118 Å². The zero-order valence-corrected chi connectivity index (χ0v) is 12.1. The van der Waals surface area contributed by atoms with E-state index in [0.717, 1.165) is 29.3 Å². The van der Waals surface area contributed by atoms with E-state index in [4.69, 9.17) is 0 Å². The number of amides is 1. The summed E-state index contributed by atoms with van der Waals surface area (Å²) >= 11 is 0. The molecule has 0 saturated heterocycles. The van der Waals surface area contributed by atoms with Crippen molar-refractivity contribution in [1.82, 2.24) is 9.88 Å². The van der Waals surface area contributed by atoms with E-state index in [0.29, 0.717) is 5.56 Å². The fourth-order valence-electron chi connectivity index (χ4n) is 2.38. The van der Waals surface area contributed by atoms with Crippen LogP contribution in [0.25, 0.3) is 10.9 Å². The third kappa shape index (κ3) is 2.59. The molecule has 0 radical (unpaired) electrons. The Balaban J connectivity index is 2.37. The minimum Gasteiger partial charge on any atom is -0.352 e. The molecule has 4 heteroatoms. The van der Waals surface area contributed by atoms with Crippen molar-refractivity contribution in [2.24, 2.45) is 0 Å². The van der Waals surface area contributed by atoms with Gasteiger partial charge in [0.15, 0.2) is 6.29 Å². The maximum absolute atomic E-state index is 12.1. The van der Waals surface area contributed by atoms with Crippen molar-refractivity contribution in [2.45, 2.75) is 39.8 Å². The standard InChI is InChI=1S/C16H20N2O2/c1-4-11(2)17-16(20)9-18-12(3)14(10-19)13-7-5-6-8-15(13)18/h5-8,10-11H,4,9H2,1-3H3,(H,17,20)/t11-/m0/s1. The first-order chi connectivity index (χ1) is 9.58. The van der Waals surface area contributed by atoms with Gasteiger partial charge in [0.25, 0.3) is 0 Å². The monoisotopic (exact) mass is 272 g/mol. The number of aromatic nitrogens is 1. The minimum absolute atomic E-state index is 0.0272. The summed E-state index contributed by atoms with van der Waals surface area (Å²) in [6.07, 6.45) is 1.76. The van der Waals surface area contributed by atoms with Gasteiger partial charge in [-0.1, -0.05) is 25.1 Å². The van der Waals surface area contributed by atoms with Crippen molar-refractivity contribution >= 4 is 23.1 Å². The summed E-state index contributed by atoms with van der Waals surface area (Å²) < 4.78 is 1.90. The molecule has 106 valence electrons. The van der Waals surface area contributed by atoms with E-state index in [1.54, 1.807) is 0 Å². The van der Waals surface area contributed by atoms with Gasteiger partial charge in [0.2, 0.25) is 5.91 Å². The molecule has 20 heavy (non-hydrogen) atoms. The van der Waals surface area contributed by atoms with Gasteiger partial charge in [0, 0.05) is 28.2 Å². The SMILES string of the molecule is CC[C@H](C)NC(=O)Cn1c(C)c(C=O)c2ccccc21. The van der Waals surface area contributed by atoms with E-state index in [1.165, 1.54) is 0 Å². The van der Waals surface area contributed by atoms with Gasteiger partial charge in [0.05, 0.1) is 0 Å². The van der Waals surface area contributed by atoms with Crippen molar-refractivity contribution < 1.29 is 9.59 Å². The summed E-state index contributed by atoms with van der Waals surface area (Å²) in [6, 6.07) is 7.83. The number of fused-ring (bicyclic) bond motifs is 1. The zero-order chi connectivity index (χ0) is 14.7. The molecule has 0 aliphatic rings. The molecule has 2 aromatic rings. The van der Waals surface area contributed by atoms with E-state index >= 15 is 0 Å². The summed E-state index contributed by atoms with van der Waals surface area (Å²) in [5, 5.41) is 3.85. The van der Waals surface area contributed by atoms with Gasteiger partial charge in [-0.25, -0.2) is 0 Å². The predicted octanol–water partition coefficient (Wildman–Crippen LogP) is 2.68. The van der Waals surface area contributed by atoms with E-state index in [9.17, 15) is 9.59 Å². The largest absolute Gasteiger partial charge is 0.352 e. The molecular weight excluding hydrogens is 252 g/mol. The number of carbonyl (C=O) groups is 2. The first-order valence-corrected chi connectivity index (χ1v) is 6.90. The van der Waals surface area contributed by atoms with Crippen LogP contribution in [0.4, 0.5) is 0 Å². The number of carbonyl (C=O) groups excluding carboxylic acids is 2. The minimum atomic E-state index is -0.0272. The van der Waals surface area contributed by atoms with Gasteiger partial charge in [-0.15, -0.1) is 0 Å². The van der Waals surface area contributed by atoms with Gasteiger partial charge < -0.3 is 9.88 Å². The molecule has 0 aliphatic carbocycles. The van der Waals surface area contributed by atoms with Gasteiger partial charge in [-0.05, 0) is 26.3 Å². The molecule has 2 rings (SSSR count). The van der Waals surface area contributed by atoms with Crippen LogP contribution in [0.3, 0.4) is 0 Å². The molecule has 0 spiro atoms. The fraction of sp³-hybridized carbons (Fsp3) is 0.375. The Hall–Kier alpha value is -2.10. The second kappa shape index (κ2) is 5.90. The Kier molecular flexibility index (Phi) is 4.23. The predicted molar refractivity (Wildman–Crippen MR) is 80.0 cm³/mol. The molecule has 0 fully saturated rings. The van der Waals surface area contributed by atoms with Crippen LogP contribution in [-0.4, -0.2) is 22.8 Å². The lowest BCUT2D eigenvalue weighted by atomic mass is 10.1. The number of nitrogens with one attached hydrogen (secondary N) is 1. The smallest absolute Gasteiger partial charge is 0.240 e. The van der Waals surface area contributed by atoms with Crippen LogP contribution in [0, 0.1) is 6.92 Å². The molecule has 1 atom stereocenters. The topological polar surface area (TPSA) is 51.1 Å². The lowest BCUT2D eigenvalue weighted by Crippen LogP contribution is -2.34. The molecule has 1 aromatic heterocycles. The average Bonchev–Trinajstić information content (AvgIpc) is 2.71. The van der Waals surface area contributed by atoms with Crippen LogP contribution in [0.15, 0.2) is 24.3 Å². The van der Waals surface area contributed by atoms with E-state index in [1.807, 2.05) is 49.6 Å². The summed E-state index contributed by atoms with van der Waals surface area (Å²) in [6.45, 7) is 6.13. The van der Waals surface area contributed by atoms with Crippen molar-refractivity contribution in [3.8, 4) is 0 Å². The van der Waals surface area contributed by atoms with Crippen LogP contribution >= 0.6 is 0 Å². The molecule has 4 nitrogen and oxygen atoms in total. The van der Waals surface area contributed by atoms with Crippen molar-refractivity contribution in [1.29, 1.82) is 0 Å². The van der Waals surface area contributed by atoms with Crippen LogP contribution in [0.2, 0.25) is 0 Å². The van der Waals surface area contributed by atoms with Crippen LogP contribution in [0.1, 0.15) is 36.3 Å². The summed E-state index contributed by atoms with van der Waals surface area (Å²) in [5.74, 6) is -0.0272. The maximum atomic E-state index is 12.1. The summed E-state index contributed by atoms with van der Waals surface area (Å²) in [7, 11) is 0. The second-order valence-electron chi connectivity index (χ2n) is 5.10. The highest BCUT2D eigenvalue weighted by atomic mass is 16.2. The molecular formula is C16H20N2O2. The van der Waals surface area contributed by atoms with Crippen molar-refractivity contribution in [2.75, 3.05) is 0 Å². The van der Waals surface area contributed by atoms with E-state index in [-0.39, 0.29) is 18.5 Å². The first kappa shape index (κ1) is 14.3. The Morgan fingerprint density at radius 3 is 2.75 bits per heavy atom. The number of aldehydes is 1. The number of hydrogen-bond donors (Lipinski definition) is 1. The Bertz CT molecular complexity index is 643. The van der Waals surface area contributed by atoms with E-state index in [2.05, 4.69) is 5.32 Å². The number of nitrogens with zero attached hydrogens (tertiary/aromatic N) is 1. The molecule has 0 unspecified atom stereocenters. The van der Waals surface area contributed by atoms with Crippen molar-refractivity contribution in [3.05, 3.63) is 35.5 Å². The lowest BCUT2D eigenvalue weighted by Gasteiger charge is -2.13. The molecule has 1 aromatic carbocycles. The van der Waals surface area contributed by atoms with Gasteiger partial charge in [-0.2, -0.15) is 0 Å². The molecule has 1 N–H and O–H groups in total. The van der Waals surface area contributed by atoms with Crippen LogP contribution in [-0.2, 0) is 11.3 Å². The number of rotatable bonds is 5. The van der Waals surface area contributed by atoms with Crippen molar-refractivity contribution in [3.63, 3.8) is 0 Å². The van der Waals surface area contributed by atoms with Gasteiger partial charge in [-0.3, -0.25) is 9.59 Å². The maximum Gasteiger partial charge on any atom is 0.240 e.